The molecule has 50 valence electrons. The molecule has 1 rings (SSSR count). The molecule has 0 saturated carbocycles. The highest BCUT2D eigenvalue weighted by atomic mass is 16.5. The molecule has 1 atom stereocenters. The molecule has 0 N–H and O–H groups in total. The number of carbonyl (C=O) groups excluding carboxylic acids is 1. The zero-order valence-corrected chi connectivity index (χ0v) is 5.46. The van der Waals surface area contributed by atoms with E-state index in [2.05, 4.69) is 0 Å². The van der Waals surface area contributed by atoms with Crippen LogP contribution in [0.2, 0.25) is 0 Å². The molecule has 0 bridgehead atoms. The molecule has 1 aliphatic rings. The van der Waals surface area contributed by atoms with E-state index < -0.39 is 0 Å². The summed E-state index contributed by atoms with van der Waals surface area (Å²) in [4.78, 5) is 10.5. The summed E-state index contributed by atoms with van der Waals surface area (Å²) in [5.41, 5.74) is 0. The molecule has 0 radical (unpaired) electrons. The largest absolute Gasteiger partial charge is 0.370 e. The molecule has 0 saturated heterocycles. The maximum atomic E-state index is 10.5. The summed E-state index contributed by atoms with van der Waals surface area (Å²) in [6.07, 6.45) is 4.45. The van der Waals surface area contributed by atoms with Gasteiger partial charge in [-0.1, -0.05) is 12.2 Å². The van der Waals surface area contributed by atoms with Gasteiger partial charge in [-0.15, -0.1) is 0 Å². The number of hydrogen-bond acceptors (Lipinski definition) is 2. The first-order chi connectivity index (χ1) is 4.29. The lowest BCUT2D eigenvalue weighted by Crippen LogP contribution is -2.08. The molecule has 0 spiro atoms. The van der Waals surface area contributed by atoms with Crippen molar-refractivity contribution >= 4 is 5.78 Å². The molecule has 1 aliphatic heterocycles. The van der Waals surface area contributed by atoms with Crippen LogP contribution in [0.15, 0.2) is 12.2 Å². The molecule has 1 unspecified atom stereocenters. The van der Waals surface area contributed by atoms with Gasteiger partial charge in [0.25, 0.3) is 0 Å². The lowest BCUT2D eigenvalue weighted by atomic mass is 10.2. The summed E-state index contributed by atoms with van der Waals surface area (Å²) in [5, 5.41) is 0. The smallest absolute Gasteiger partial charge is 0.132 e. The number of Topliss-reactive ketones (excluding diaryl/α,β-unsaturated/α-hetero) is 1. The van der Waals surface area contributed by atoms with E-state index in [4.69, 9.17) is 4.74 Å². The molecule has 0 aromatic rings. The van der Waals surface area contributed by atoms with Gasteiger partial charge in [0.05, 0.1) is 12.7 Å². The Labute approximate surface area is 54.5 Å². The Morgan fingerprint density at radius 1 is 1.89 bits per heavy atom. The molecule has 9 heavy (non-hydrogen) atoms. The predicted molar refractivity (Wildman–Crippen MR) is 34.2 cm³/mol. The van der Waals surface area contributed by atoms with Crippen LogP contribution in [0.25, 0.3) is 0 Å². The highest BCUT2D eigenvalue weighted by Crippen LogP contribution is 2.06. The summed E-state index contributed by atoms with van der Waals surface area (Å²) >= 11 is 0. The van der Waals surface area contributed by atoms with E-state index in [0.717, 1.165) is 0 Å². The van der Waals surface area contributed by atoms with Crippen molar-refractivity contribution in [1.82, 2.24) is 0 Å². The monoisotopic (exact) mass is 126 g/mol. The van der Waals surface area contributed by atoms with E-state index >= 15 is 0 Å². The molecule has 1 heterocycles. The maximum Gasteiger partial charge on any atom is 0.132 e. The Morgan fingerprint density at radius 3 is 3.11 bits per heavy atom. The van der Waals surface area contributed by atoms with Gasteiger partial charge in [0.15, 0.2) is 0 Å². The highest BCUT2D eigenvalue weighted by Gasteiger charge is 2.10. The second-order valence-electron chi connectivity index (χ2n) is 2.21. The maximum absolute atomic E-state index is 10.5. The van der Waals surface area contributed by atoms with Gasteiger partial charge in [0.2, 0.25) is 0 Å². The van der Waals surface area contributed by atoms with Crippen molar-refractivity contribution in [3.05, 3.63) is 12.2 Å². The number of ether oxygens (including phenoxy) is 1. The minimum Gasteiger partial charge on any atom is -0.370 e. The standard InChI is InChI=1S/C7H10O2/c1-6(8)5-7-3-2-4-9-7/h2-3,7H,4-5H2,1H3. The molecule has 0 aliphatic carbocycles. The van der Waals surface area contributed by atoms with Crippen LogP contribution in [-0.2, 0) is 9.53 Å². The number of rotatable bonds is 2. The minimum absolute atomic E-state index is 0.0579. The normalized spacial score (nSPS) is 24.8. The average Bonchev–Trinajstić information content (AvgIpc) is 2.15. The topological polar surface area (TPSA) is 26.3 Å². The van der Waals surface area contributed by atoms with Crippen molar-refractivity contribution in [1.29, 1.82) is 0 Å². The number of carbonyl (C=O) groups is 1. The molecular formula is C7H10O2. The van der Waals surface area contributed by atoms with E-state index in [-0.39, 0.29) is 11.9 Å². The zero-order chi connectivity index (χ0) is 6.69. The summed E-state index contributed by atoms with van der Waals surface area (Å²) in [6, 6.07) is 0. The third kappa shape index (κ3) is 1.98. The Balaban J connectivity index is 2.28. The fourth-order valence-corrected chi connectivity index (χ4v) is 0.852. The van der Waals surface area contributed by atoms with Crippen molar-refractivity contribution in [3.63, 3.8) is 0 Å². The van der Waals surface area contributed by atoms with Crippen molar-refractivity contribution in [2.24, 2.45) is 0 Å². The quantitative estimate of drug-likeness (QED) is 0.514. The third-order valence-corrected chi connectivity index (χ3v) is 1.25. The lowest BCUT2D eigenvalue weighted by Gasteiger charge is -2.02. The first-order valence-corrected chi connectivity index (χ1v) is 3.07. The second-order valence-corrected chi connectivity index (χ2v) is 2.21. The van der Waals surface area contributed by atoms with Crippen LogP contribution < -0.4 is 0 Å². The Hall–Kier alpha value is -0.630. The third-order valence-electron chi connectivity index (χ3n) is 1.25. The van der Waals surface area contributed by atoms with Crippen molar-refractivity contribution < 1.29 is 9.53 Å². The van der Waals surface area contributed by atoms with Gasteiger partial charge in [-0.3, -0.25) is 4.79 Å². The zero-order valence-electron chi connectivity index (χ0n) is 5.46. The Kier molecular flexibility index (Phi) is 2.01. The Bertz CT molecular complexity index is 138. The number of hydrogen-bond donors (Lipinski definition) is 0. The van der Waals surface area contributed by atoms with Crippen molar-refractivity contribution in [2.45, 2.75) is 19.4 Å². The van der Waals surface area contributed by atoms with E-state index in [1.54, 1.807) is 6.92 Å². The number of ketones is 1. The molecule has 2 nitrogen and oxygen atoms in total. The van der Waals surface area contributed by atoms with Crippen LogP contribution in [0.1, 0.15) is 13.3 Å². The molecule has 0 aromatic heterocycles. The second kappa shape index (κ2) is 2.78. The van der Waals surface area contributed by atoms with Crippen molar-refractivity contribution in [2.75, 3.05) is 6.61 Å². The minimum atomic E-state index is 0.0579. The van der Waals surface area contributed by atoms with Gasteiger partial charge in [0, 0.05) is 6.42 Å². The first-order valence-electron chi connectivity index (χ1n) is 3.07. The molecular weight excluding hydrogens is 116 g/mol. The summed E-state index contributed by atoms with van der Waals surface area (Å²) in [6.45, 7) is 2.24. The van der Waals surface area contributed by atoms with Crippen LogP contribution in [0, 0.1) is 0 Å². The van der Waals surface area contributed by atoms with E-state index in [1.165, 1.54) is 0 Å². The van der Waals surface area contributed by atoms with Gasteiger partial charge in [-0.05, 0) is 6.92 Å². The molecule has 2 heteroatoms. The summed E-state index contributed by atoms with van der Waals surface area (Å²) in [7, 11) is 0. The molecule has 0 aromatic carbocycles. The van der Waals surface area contributed by atoms with Crippen LogP contribution in [-0.4, -0.2) is 18.5 Å². The van der Waals surface area contributed by atoms with Crippen molar-refractivity contribution in [3.8, 4) is 0 Å². The first kappa shape index (κ1) is 6.49. The highest BCUT2D eigenvalue weighted by molar-refractivity contribution is 5.76. The molecule has 0 amide bonds. The van der Waals surface area contributed by atoms with Gasteiger partial charge in [-0.25, -0.2) is 0 Å². The summed E-state index contributed by atoms with van der Waals surface area (Å²) in [5.74, 6) is 0.187. The van der Waals surface area contributed by atoms with E-state index in [1.807, 2.05) is 12.2 Å². The lowest BCUT2D eigenvalue weighted by molar-refractivity contribution is -0.118. The van der Waals surface area contributed by atoms with Gasteiger partial charge >= 0.3 is 0 Å². The SMILES string of the molecule is CC(=O)CC1C=CCO1. The summed E-state index contributed by atoms with van der Waals surface area (Å²) < 4.78 is 5.13. The fourth-order valence-electron chi connectivity index (χ4n) is 0.852. The van der Waals surface area contributed by atoms with Gasteiger partial charge in [-0.2, -0.15) is 0 Å². The van der Waals surface area contributed by atoms with Crippen LogP contribution in [0.3, 0.4) is 0 Å². The fraction of sp³-hybridized carbons (Fsp3) is 0.571. The van der Waals surface area contributed by atoms with Gasteiger partial charge in [0.1, 0.15) is 5.78 Å². The van der Waals surface area contributed by atoms with E-state index in [0.29, 0.717) is 13.0 Å². The van der Waals surface area contributed by atoms with Crippen LogP contribution >= 0.6 is 0 Å². The predicted octanol–water partition coefficient (Wildman–Crippen LogP) is 0.920. The molecule has 0 fully saturated rings. The van der Waals surface area contributed by atoms with E-state index in [9.17, 15) is 4.79 Å². The Morgan fingerprint density at radius 2 is 2.67 bits per heavy atom. The average molecular weight is 126 g/mol. The van der Waals surface area contributed by atoms with Gasteiger partial charge < -0.3 is 4.74 Å². The van der Waals surface area contributed by atoms with Crippen LogP contribution in [0.5, 0.6) is 0 Å². The van der Waals surface area contributed by atoms with Crippen LogP contribution in [0.4, 0.5) is 0 Å².